The van der Waals surface area contributed by atoms with Crippen LogP contribution in [0.15, 0.2) is 30.7 Å². The molecule has 7 nitrogen and oxygen atoms in total. The molecule has 0 aromatic carbocycles. The highest BCUT2D eigenvalue weighted by Crippen LogP contribution is 2.25. The summed E-state index contributed by atoms with van der Waals surface area (Å²) in [6.07, 6.45) is 3.36. The first-order chi connectivity index (χ1) is 11.4. The van der Waals surface area contributed by atoms with Crippen LogP contribution < -0.4 is 5.32 Å². The van der Waals surface area contributed by atoms with Crippen LogP contribution in [0.4, 0.5) is 10.9 Å². The number of fused-ring (bicyclic) bond motifs is 1. The Bertz CT molecular complexity index is 768. The summed E-state index contributed by atoms with van der Waals surface area (Å²) in [5.41, 5.74) is 1.88. The third-order valence-corrected chi connectivity index (χ3v) is 4.51. The fraction of sp³-hybridized carbons (Fsp3) is 0.333. The van der Waals surface area contributed by atoms with Crippen molar-refractivity contribution in [3.8, 4) is 0 Å². The van der Waals surface area contributed by atoms with E-state index >= 15 is 0 Å². The minimum Gasteiger partial charge on any atom is -0.379 e. The van der Waals surface area contributed by atoms with Gasteiger partial charge in [-0.3, -0.25) is 4.90 Å². The molecule has 0 atom stereocenters. The molecule has 1 aliphatic heterocycles. The number of thiazole rings is 1. The van der Waals surface area contributed by atoms with Crippen LogP contribution in [-0.4, -0.2) is 51.1 Å². The van der Waals surface area contributed by atoms with Crippen LogP contribution in [0, 0.1) is 0 Å². The molecule has 8 heteroatoms. The minimum absolute atomic E-state index is 0.752. The van der Waals surface area contributed by atoms with Gasteiger partial charge >= 0.3 is 0 Å². The lowest BCUT2D eigenvalue weighted by Gasteiger charge is -2.26. The number of hydrogen-bond donors (Lipinski definition) is 1. The first kappa shape index (κ1) is 14.4. The summed E-state index contributed by atoms with van der Waals surface area (Å²) in [6, 6.07) is 5.81. The van der Waals surface area contributed by atoms with E-state index < -0.39 is 0 Å². The number of rotatable bonds is 4. The molecule has 1 saturated heterocycles. The van der Waals surface area contributed by atoms with Crippen LogP contribution in [0.25, 0.3) is 10.3 Å². The lowest BCUT2D eigenvalue weighted by atomic mass is 10.3. The van der Waals surface area contributed by atoms with Gasteiger partial charge in [0.25, 0.3) is 0 Å². The Kier molecular flexibility index (Phi) is 4.10. The Balaban J connectivity index is 1.49. The van der Waals surface area contributed by atoms with Crippen LogP contribution >= 0.6 is 11.3 Å². The second kappa shape index (κ2) is 6.53. The number of ether oxygens (including phenoxy) is 1. The predicted molar refractivity (Wildman–Crippen MR) is 88.8 cm³/mol. The lowest BCUT2D eigenvalue weighted by molar-refractivity contribution is 0.0336. The minimum atomic E-state index is 0.752. The van der Waals surface area contributed by atoms with E-state index in [1.807, 2.05) is 18.2 Å². The fourth-order valence-electron chi connectivity index (χ4n) is 2.47. The standard InChI is InChI=1S/C15H16N6OS/c1-2-12-14(16-3-1)23-15(19-12)20-13-8-11(17-10-18-13)9-21-4-6-22-7-5-21/h1-3,8,10H,4-7,9H2,(H,17,18,19,20). The van der Waals surface area contributed by atoms with Crippen LogP contribution in [0.2, 0.25) is 0 Å². The van der Waals surface area contributed by atoms with E-state index in [-0.39, 0.29) is 0 Å². The molecule has 0 saturated carbocycles. The maximum absolute atomic E-state index is 5.37. The van der Waals surface area contributed by atoms with E-state index in [1.54, 1.807) is 12.5 Å². The van der Waals surface area contributed by atoms with Crippen LogP contribution in [0.3, 0.4) is 0 Å². The summed E-state index contributed by atoms with van der Waals surface area (Å²) in [5.74, 6) is 0.752. The highest BCUT2D eigenvalue weighted by Gasteiger charge is 2.12. The van der Waals surface area contributed by atoms with Crippen molar-refractivity contribution in [3.63, 3.8) is 0 Å². The van der Waals surface area contributed by atoms with Crippen molar-refractivity contribution in [3.05, 3.63) is 36.4 Å². The average Bonchev–Trinajstić information content (AvgIpc) is 2.98. The fourth-order valence-corrected chi connectivity index (χ4v) is 3.29. The van der Waals surface area contributed by atoms with Crippen molar-refractivity contribution in [1.82, 2.24) is 24.8 Å². The monoisotopic (exact) mass is 328 g/mol. The summed E-state index contributed by atoms with van der Waals surface area (Å²) in [4.78, 5) is 20.7. The predicted octanol–water partition coefficient (Wildman–Crippen LogP) is 2.06. The van der Waals surface area contributed by atoms with Gasteiger partial charge in [-0.15, -0.1) is 0 Å². The number of nitrogens with zero attached hydrogens (tertiary/aromatic N) is 5. The zero-order valence-electron chi connectivity index (χ0n) is 12.5. The van der Waals surface area contributed by atoms with Gasteiger partial charge in [0, 0.05) is 31.9 Å². The molecule has 0 amide bonds. The number of nitrogens with one attached hydrogen (secondary N) is 1. The second-order valence-electron chi connectivity index (χ2n) is 5.25. The summed E-state index contributed by atoms with van der Waals surface area (Å²) >= 11 is 1.51. The Morgan fingerprint density at radius 3 is 3.00 bits per heavy atom. The van der Waals surface area contributed by atoms with Gasteiger partial charge < -0.3 is 10.1 Å². The molecule has 1 N–H and O–H groups in total. The summed E-state index contributed by atoms with van der Waals surface area (Å²) in [5, 5.41) is 4.03. The molecule has 3 aromatic heterocycles. The largest absolute Gasteiger partial charge is 0.379 e. The van der Waals surface area contributed by atoms with E-state index in [0.29, 0.717) is 0 Å². The van der Waals surface area contributed by atoms with Crippen molar-refractivity contribution in [2.24, 2.45) is 0 Å². The van der Waals surface area contributed by atoms with Crippen molar-refractivity contribution in [2.75, 3.05) is 31.6 Å². The Labute approximate surface area is 137 Å². The summed E-state index contributed by atoms with van der Waals surface area (Å²) in [7, 11) is 0. The van der Waals surface area contributed by atoms with Gasteiger partial charge in [0.05, 0.1) is 18.9 Å². The maximum Gasteiger partial charge on any atom is 0.190 e. The maximum atomic E-state index is 5.37. The molecule has 0 radical (unpaired) electrons. The molecule has 23 heavy (non-hydrogen) atoms. The third-order valence-electron chi connectivity index (χ3n) is 3.61. The van der Waals surface area contributed by atoms with Gasteiger partial charge in [0.1, 0.15) is 22.5 Å². The molecule has 0 aliphatic carbocycles. The second-order valence-corrected chi connectivity index (χ2v) is 6.23. The van der Waals surface area contributed by atoms with Crippen molar-refractivity contribution in [1.29, 1.82) is 0 Å². The topological polar surface area (TPSA) is 76.1 Å². The van der Waals surface area contributed by atoms with E-state index in [1.165, 1.54) is 11.3 Å². The lowest BCUT2D eigenvalue weighted by Crippen LogP contribution is -2.35. The van der Waals surface area contributed by atoms with Gasteiger partial charge in [-0.2, -0.15) is 0 Å². The molecule has 1 fully saturated rings. The van der Waals surface area contributed by atoms with Gasteiger partial charge in [-0.25, -0.2) is 19.9 Å². The van der Waals surface area contributed by atoms with E-state index in [2.05, 4.69) is 30.2 Å². The zero-order valence-corrected chi connectivity index (χ0v) is 13.3. The Morgan fingerprint density at radius 1 is 1.22 bits per heavy atom. The van der Waals surface area contributed by atoms with Crippen LogP contribution in [-0.2, 0) is 11.3 Å². The van der Waals surface area contributed by atoms with Crippen LogP contribution in [0.1, 0.15) is 5.69 Å². The molecule has 1 aliphatic rings. The normalized spacial score (nSPS) is 15.8. The SMILES string of the molecule is c1cnc2sc(Nc3cc(CN4CCOCC4)ncn3)nc2c1. The van der Waals surface area contributed by atoms with Gasteiger partial charge in [0.2, 0.25) is 0 Å². The van der Waals surface area contributed by atoms with Gasteiger partial charge in [-0.1, -0.05) is 11.3 Å². The smallest absolute Gasteiger partial charge is 0.190 e. The molecule has 4 rings (SSSR count). The number of hydrogen-bond acceptors (Lipinski definition) is 8. The molecular formula is C15H16N6OS. The molecular weight excluding hydrogens is 312 g/mol. The molecule has 4 heterocycles. The van der Waals surface area contributed by atoms with E-state index in [0.717, 1.165) is 59.8 Å². The Hall–Kier alpha value is -2.16. The third kappa shape index (κ3) is 3.44. The molecule has 0 bridgehead atoms. The van der Waals surface area contributed by atoms with Crippen molar-refractivity contribution >= 4 is 32.6 Å². The molecule has 3 aromatic rings. The van der Waals surface area contributed by atoms with Crippen LogP contribution in [0.5, 0.6) is 0 Å². The Morgan fingerprint density at radius 2 is 2.13 bits per heavy atom. The van der Waals surface area contributed by atoms with Gasteiger partial charge in [0.15, 0.2) is 5.13 Å². The number of morpholine rings is 1. The quantitative estimate of drug-likeness (QED) is 0.785. The first-order valence-corrected chi connectivity index (χ1v) is 8.28. The van der Waals surface area contributed by atoms with Crippen molar-refractivity contribution < 1.29 is 4.74 Å². The van der Waals surface area contributed by atoms with Gasteiger partial charge in [-0.05, 0) is 12.1 Å². The number of aromatic nitrogens is 4. The molecule has 0 spiro atoms. The summed E-state index contributed by atoms with van der Waals surface area (Å²) in [6.45, 7) is 4.26. The highest BCUT2D eigenvalue weighted by atomic mass is 32.1. The summed E-state index contributed by atoms with van der Waals surface area (Å²) < 4.78 is 5.37. The number of anilines is 2. The van der Waals surface area contributed by atoms with Crippen molar-refractivity contribution in [2.45, 2.75) is 6.54 Å². The zero-order chi connectivity index (χ0) is 15.5. The number of pyridine rings is 1. The van der Waals surface area contributed by atoms with E-state index in [9.17, 15) is 0 Å². The van der Waals surface area contributed by atoms with E-state index in [4.69, 9.17) is 4.74 Å². The molecule has 0 unspecified atom stereocenters. The first-order valence-electron chi connectivity index (χ1n) is 7.46. The highest BCUT2D eigenvalue weighted by molar-refractivity contribution is 7.21. The average molecular weight is 328 g/mol. The molecule has 118 valence electrons.